The van der Waals surface area contributed by atoms with E-state index in [0.29, 0.717) is 0 Å². The van der Waals surface area contributed by atoms with Gasteiger partial charge in [-0.15, -0.1) is 0 Å². The van der Waals surface area contributed by atoms with E-state index in [4.69, 9.17) is 11.5 Å². The van der Waals surface area contributed by atoms with Crippen molar-refractivity contribution in [2.45, 2.75) is 38.8 Å². The van der Waals surface area contributed by atoms with Crippen molar-refractivity contribution >= 4 is 0 Å². The van der Waals surface area contributed by atoms with E-state index in [0.717, 1.165) is 0 Å². The molecule has 0 aromatic heterocycles. The van der Waals surface area contributed by atoms with Crippen LogP contribution in [-0.4, -0.2) is 11.1 Å². The lowest BCUT2D eigenvalue weighted by atomic mass is 10.0. The molecule has 60 valence electrons. The summed E-state index contributed by atoms with van der Waals surface area (Å²) in [7, 11) is 0. The summed E-state index contributed by atoms with van der Waals surface area (Å²) in [6, 6.07) is 0. The van der Waals surface area contributed by atoms with Gasteiger partial charge in [-0.05, 0) is 27.7 Å². The Kier molecular flexibility index (Phi) is 2.63. The van der Waals surface area contributed by atoms with Gasteiger partial charge in [0.15, 0.2) is 0 Å². The summed E-state index contributed by atoms with van der Waals surface area (Å²) < 4.78 is 0. The number of rotatable bonds is 2. The SMILES string of the molecule is CC(C)(N)C=CC(C)(C)N. The third-order valence-corrected chi connectivity index (χ3v) is 0.942. The first kappa shape index (κ1) is 9.66. The third-order valence-electron chi connectivity index (χ3n) is 0.942. The number of hydrogen-bond donors (Lipinski definition) is 2. The third kappa shape index (κ3) is 7.66. The summed E-state index contributed by atoms with van der Waals surface area (Å²) in [5.41, 5.74) is 10.9. The van der Waals surface area contributed by atoms with Crippen LogP contribution in [0.15, 0.2) is 12.2 Å². The number of nitrogens with two attached hydrogens (primary N) is 2. The highest BCUT2D eigenvalue weighted by atomic mass is 14.7. The maximum Gasteiger partial charge on any atom is 0.0282 e. The minimum Gasteiger partial charge on any atom is -0.322 e. The smallest absolute Gasteiger partial charge is 0.0282 e. The fraction of sp³-hybridized carbons (Fsp3) is 0.750. The van der Waals surface area contributed by atoms with Crippen LogP contribution in [0.25, 0.3) is 0 Å². The predicted octanol–water partition coefficient (Wildman–Crippen LogP) is 1.02. The van der Waals surface area contributed by atoms with E-state index in [1.165, 1.54) is 0 Å². The van der Waals surface area contributed by atoms with Gasteiger partial charge in [-0.25, -0.2) is 0 Å². The first-order valence-electron chi connectivity index (χ1n) is 3.49. The van der Waals surface area contributed by atoms with E-state index in [-0.39, 0.29) is 11.1 Å². The Morgan fingerprint density at radius 3 is 1.10 bits per heavy atom. The molecule has 0 aliphatic carbocycles. The molecule has 0 atom stereocenters. The Bertz CT molecular complexity index is 107. The Balaban J connectivity index is 4.01. The lowest BCUT2D eigenvalue weighted by molar-refractivity contribution is 0.613. The Morgan fingerprint density at radius 1 is 0.800 bits per heavy atom. The summed E-state index contributed by atoms with van der Waals surface area (Å²) >= 11 is 0. The molecule has 0 amide bonds. The van der Waals surface area contributed by atoms with E-state index in [1.807, 2.05) is 39.8 Å². The zero-order valence-electron chi connectivity index (χ0n) is 7.31. The molecule has 0 saturated heterocycles. The minimum absolute atomic E-state index is 0.253. The van der Waals surface area contributed by atoms with Gasteiger partial charge in [0.25, 0.3) is 0 Å². The summed E-state index contributed by atoms with van der Waals surface area (Å²) in [4.78, 5) is 0. The minimum atomic E-state index is -0.253. The molecule has 0 fully saturated rings. The van der Waals surface area contributed by atoms with E-state index in [1.54, 1.807) is 0 Å². The monoisotopic (exact) mass is 142 g/mol. The van der Waals surface area contributed by atoms with Gasteiger partial charge in [0.1, 0.15) is 0 Å². The van der Waals surface area contributed by atoms with Gasteiger partial charge in [-0.2, -0.15) is 0 Å². The van der Waals surface area contributed by atoms with E-state index in [9.17, 15) is 0 Å². The predicted molar refractivity (Wildman–Crippen MR) is 45.7 cm³/mol. The summed E-state index contributed by atoms with van der Waals surface area (Å²) in [6.45, 7) is 7.76. The highest BCUT2D eigenvalue weighted by Crippen LogP contribution is 2.04. The maximum atomic E-state index is 5.70. The largest absolute Gasteiger partial charge is 0.322 e. The van der Waals surface area contributed by atoms with Gasteiger partial charge in [-0.1, -0.05) is 12.2 Å². The summed E-state index contributed by atoms with van der Waals surface area (Å²) in [5, 5.41) is 0. The van der Waals surface area contributed by atoms with E-state index >= 15 is 0 Å². The molecule has 0 unspecified atom stereocenters. The first-order valence-corrected chi connectivity index (χ1v) is 3.49. The number of hydrogen-bond acceptors (Lipinski definition) is 2. The summed E-state index contributed by atoms with van der Waals surface area (Å²) in [5.74, 6) is 0. The lowest BCUT2D eigenvalue weighted by Gasteiger charge is -2.17. The van der Waals surface area contributed by atoms with Crippen LogP contribution in [-0.2, 0) is 0 Å². The van der Waals surface area contributed by atoms with Gasteiger partial charge in [0, 0.05) is 11.1 Å². The van der Waals surface area contributed by atoms with Crippen molar-refractivity contribution in [2.75, 3.05) is 0 Å². The van der Waals surface area contributed by atoms with Gasteiger partial charge < -0.3 is 11.5 Å². The van der Waals surface area contributed by atoms with Crippen molar-refractivity contribution in [3.05, 3.63) is 12.2 Å². The molecule has 0 saturated carbocycles. The molecule has 4 N–H and O–H groups in total. The molecule has 10 heavy (non-hydrogen) atoms. The van der Waals surface area contributed by atoms with Crippen molar-refractivity contribution in [3.8, 4) is 0 Å². The Hall–Kier alpha value is -0.340. The molecule has 0 radical (unpaired) electrons. The standard InChI is InChI=1S/C8H18N2/c1-7(2,9)5-6-8(3,4)10/h5-6H,9-10H2,1-4H3. The van der Waals surface area contributed by atoms with Crippen molar-refractivity contribution in [3.63, 3.8) is 0 Å². The molecular formula is C8H18N2. The molecule has 0 aromatic carbocycles. The van der Waals surface area contributed by atoms with Crippen LogP contribution in [0, 0.1) is 0 Å². The van der Waals surface area contributed by atoms with Crippen molar-refractivity contribution in [2.24, 2.45) is 11.5 Å². The van der Waals surface area contributed by atoms with Crippen LogP contribution in [0.2, 0.25) is 0 Å². The first-order chi connectivity index (χ1) is 4.21. The van der Waals surface area contributed by atoms with Gasteiger partial charge in [0.05, 0.1) is 0 Å². The highest BCUT2D eigenvalue weighted by molar-refractivity contribution is 5.07. The van der Waals surface area contributed by atoms with E-state index in [2.05, 4.69) is 0 Å². The fourth-order valence-corrected chi connectivity index (χ4v) is 0.430. The van der Waals surface area contributed by atoms with Gasteiger partial charge >= 0.3 is 0 Å². The molecule has 2 heteroatoms. The molecular weight excluding hydrogens is 124 g/mol. The molecule has 2 nitrogen and oxygen atoms in total. The zero-order chi connectivity index (χ0) is 8.41. The zero-order valence-corrected chi connectivity index (χ0v) is 7.31. The van der Waals surface area contributed by atoms with E-state index < -0.39 is 0 Å². The molecule has 0 heterocycles. The normalized spacial score (nSPS) is 14.6. The van der Waals surface area contributed by atoms with Crippen LogP contribution in [0.4, 0.5) is 0 Å². The van der Waals surface area contributed by atoms with Gasteiger partial charge in [0.2, 0.25) is 0 Å². The quantitative estimate of drug-likeness (QED) is 0.565. The molecule has 0 rings (SSSR count). The van der Waals surface area contributed by atoms with Crippen molar-refractivity contribution in [1.29, 1.82) is 0 Å². The molecule has 0 bridgehead atoms. The second kappa shape index (κ2) is 2.72. The van der Waals surface area contributed by atoms with Crippen molar-refractivity contribution in [1.82, 2.24) is 0 Å². The average molecular weight is 142 g/mol. The average Bonchev–Trinajstić information content (AvgIpc) is 1.57. The maximum absolute atomic E-state index is 5.70. The van der Waals surface area contributed by atoms with Crippen LogP contribution in [0.3, 0.4) is 0 Å². The molecule has 0 aliphatic rings. The molecule has 0 spiro atoms. The van der Waals surface area contributed by atoms with Crippen LogP contribution in [0.1, 0.15) is 27.7 Å². The Morgan fingerprint density at radius 2 is 1.00 bits per heavy atom. The molecule has 0 aromatic rings. The fourth-order valence-electron chi connectivity index (χ4n) is 0.430. The van der Waals surface area contributed by atoms with Crippen LogP contribution >= 0.6 is 0 Å². The molecule has 0 aliphatic heterocycles. The van der Waals surface area contributed by atoms with Gasteiger partial charge in [-0.3, -0.25) is 0 Å². The topological polar surface area (TPSA) is 52.0 Å². The van der Waals surface area contributed by atoms with Crippen molar-refractivity contribution < 1.29 is 0 Å². The highest BCUT2D eigenvalue weighted by Gasteiger charge is 2.09. The second-order valence-corrected chi connectivity index (χ2v) is 3.98. The van der Waals surface area contributed by atoms with Crippen LogP contribution < -0.4 is 11.5 Å². The lowest BCUT2D eigenvalue weighted by Crippen LogP contribution is -2.33. The summed E-state index contributed by atoms with van der Waals surface area (Å²) in [6.07, 6.45) is 3.85. The Labute approximate surface area is 63.3 Å². The van der Waals surface area contributed by atoms with Crippen LogP contribution in [0.5, 0.6) is 0 Å². The second-order valence-electron chi connectivity index (χ2n) is 3.98.